The number of alkyl halides is 3. The fourth-order valence-electron chi connectivity index (χ4n) is 3.77. The Morgan fingerprint density at radius 3 is 2.66 bits per heavy atom. The Kier molecular flexibility index (Phi) is 7.49. The van der Waals surface area contributed by atoms with Crippen LogP contribution in [0.4, 0.5) is 38.1 Å². The number of rotatable bonds is 4. The van der Waals surface area contributed by atoms with Gasteiger partial charge in [0.1, 0.15) is 0 Å². The number of nitrogens with one attached hydrogen (secondary N) is 2. The molecule has 198 valence electrons. The van der Waals surface area contributed by atoms with Crippen LogP contribution in [0, 0.1) is 17.2 Å². The molecule has 0 spiro atoms. The molecular formula is C21H14ClF5N8O2Se. The molecule has 1 aliphatic rings. The molecule has 2 heterocycles. The van der Waals surface area contributed by atoms with Crippen LogP contribution in [0.1, 0.15) is 0 Å². The molecule has 4 rings (SSSR count). The molecule has 1 aromatic heterocycles. The van der Waals surface area contributed by atoms with Crippen molar-refractivity contribution in [2.75, 3.05) is 16.3 Å². The molecule has 0 saturated carbocycles. The van der Waals surface area contributed by atoms with E-state index in [0.717, 1.165) is 17.0 Å². The third kappa shape index (κ3) is 5.10. The van der Waals surface area contributed by atoms with Crippen LogP contribution in [-0.2, 0) is 4.79 Å². The zero-order chi connectivity index (χ0) is 27.8. The van der Waals surface area contributed by atoms with Crippen molar-refractivity contribution in [1.82, 2.24) is 10.3 Å². The van der Waals surface area contributed by atoms with Crippen molar-refractivity contribution in [3.8, 4) is 0 Å². The van der Waals surface area contributed by atoms with Crippen LogP contribution in [0.15, 0.2) is 52.8 Å². The molecule has 4 N–H and O–H groups in total. The molecule has 0 bridgehead atoms. The number of guanidine groups is 1. The summed E-state index contributed by atoms with van der Waals surface area (Å²) in [4.78, 5) is 31.9. The van der Waals surface area contributed by atoms with Gasteiger partial charge in [-0.05, 0) is 0 Å². The first kappa shape index (κ1) is 27.2. The number of carbonyl (C=O) groups excluding carboxylic acids is 2. The number of nitrogens with two attached hydrogens (primary N) is 1. The number of amides is 3. The molecular weight excluding hydrogens is 606 g/mol. The van der Waals surface area contributed by atoms with E-state index >= 15 is 0 Å². The number of hydrogen-bond donors (Lipinski definition) is 3. The monoisotopic (exact) mass is 620 g/mol. The van der Waals surface area contributed by atoms with Gasteiger partial charge < -0.3 is 0 Å². The number of hydrazone groups is 1. The minimum absolute atomic E-state index is 0.0321. The molecule has 1 saturated heterocycles. The second-order valence-corrected chi connectivity index (χ2v) is 10.2. The van der Waals surface area contributed by atoms with Gasteiger partial charge in [-0.25, -0.2) is 4.39 Å². The SMILES string of the molecule is N=NC(=NN)N(C(=O)[C@@H]1CNC(=O)N1c1ccc2nccc([Se]C(F)(F)F)c2c1)c1ccc(F)c(Cl)c1F. The summed E-state index contributed by atoms with van der Waals surface area (Å²) in [6, 6.07) is 4.63. The molecule has 2 aromatic carbocycles. The maximum absolute atomic E-state index is 14.9. The van der Waals surface area contributed by atoms with E-state index in [9.17, 15) is 31.5 Å². The number of hydrogen-bond acceptors (Lipinski definition) is 6. The van der Waals surface area contributed by atoms with Crippen molar-refractivity contribution in [2.45, 2.75) is 11.1 Å². The van der Waals surface area contributed by atoms with Crippen LogP contribution in [0.5, 0.6) is 0 Å². The standard InChI is InChI=1S/C21H14ClF5N8O2Se/c22-16-11(23)2-4-13(17(16)24)35(19(32-28)33-29)18(36)14-8-31-20(37)34(14)9-1-3-12-10(7-9)15(5-6-30-12)38-21(25,26)27/h1-7,14,28H,8,29H2,(H,31,37)/t14-/m0/s1. The summed E-state index contributed by atoms with van der Waals surface area (Å²) in [6.07, 6.45) is 1.23. The molecule has 17 heteroatoms. The fraction of sp³-hybridized carbons (Fsp3) is 0.143. The van der Waals surface area contributed by atoms with Crippen molar-refractivity contribution in [1.29, 1.82) is 5.53 Å². The molecule has 1 aliphatic heterocycles. The minimum atomic E-state index is -4.46. The number of pyridine rings is 1. The Morgan fingerprint density at radius 1 is 1.26 bits per heavy atom. The number of anilines is 2. The first-order valence-electron chi connectivity index (χ1n) is 10.3. The topological polar surface area (TPSA) is 140 Å². The van der Waals surface area contributed by atoms with Gasteiger partial charge in [-0.3, -0.25) is 0 Å². The van der Waals surface area contributed by atoms with E-state index in [2.05, 4.69) is 20.5 Å². The van der Waals surface area contributed by atoms with Crippen molar-refractivity contribution in [3.63, 3.8) is 0 Å². The molecule has 3 aromatic rings. The van der Waals surface area contributed by atoms with Gasteiger partial charge in [0.15, 0.2) is 0 Å². The second-order valence-electron chi connectivity index (χ2n) is 7.54. The van der Waals surface area contributed by atoms with Crippen molar-refractivity contribution in [2.24, 2.45) is 16.1 Å². The molecule has 38 heavy (non-hydrogen) atoms. The van der Waals surface area contributed by atoms with E-state index < -0.39 is 66.3 Å². The normalized spacial score (nSPS) is 16.1. The van der Waals surface area contributed by atoms with E-state index in [1.165, 1.54) is 30.5 Å². The first-order valence-corrected chi connectivity index (χ1v) is 12.4. The number of carbonyl (C=O) groups is 2. The zero-order valence-electron chi connectivity index (χ0n) is 18.6. The molecule has 1 atom stereocenters. The number of fused-ring (bicyclic) bond motifs is 1. The van der Waals surface area contributed by atoms with Crippen molar-refractivity contribution in [3.05, 3.63) is 59.3 Å². The summed E-state index contributed by atoms with van der Waals surface area (Å²) < 4.78 is 68.1. The van der Waals surface area contributed by atoms with E-state index in [1.807, 2.05) is 0 Å². The number of aromatic nitrogens is 1. The van der Waals surface area contributed by atoms with Gasteiger partial charge in [-0.2, -0.15) is 0 Å². The van der Waals surface area contributed by atoms with Crippen molar-refractivity contribution < 1.29 is 31.5 Å². The molecule has 3 amide bonds. The van der Waals surface area contributed by atoms with Gasteiger partial charge in [0.2, 0.25) is 0 Å². The van der Waals surface area contributed by atoms with Gasteiger partial charge >= 0.3 is 217 Å². The quantitative estimate of drug-likeness (QED) is 0.0603. The Labute approximate surface area is 221 Å². The molecule has 0 aliphatic carbocycles. The van der Waals surface area contributed by atoms with Crippen LogP contribution < -0.4 is 25.4 Å². The summed E-state index contributed by atoms with van der Waals surface area (Å²) in [5.74, 6) is 0.837. The number of benzene rings is 2. The van der Waals surface area contributed by atoms with Gasteiger partial charge in [-0.15, -0.1) is 0 Å². The van der Waals surface area contributed by atoms with Crippen LogP contribution >= 0.6 is 11.6 Å². The average Bonchev–Trinajstić information content (AvgIpc) is 3.26. The third-order valence-corrected chi connectivity index (χ3v) is 7.38. The molecule has 0 unspecified atom stereocenters. The average molecular weight is 620 g/mol. The predicted octanol–water partition coefficient (Wildman–Crippen LogP) is 3.21. The van der Waals surface area contributed by atoms with Gasteiger partial charge in [0, 0.05) is 0 Å². The second kappa shape index (κ2) is 10.5. The van der Waals surface area contributed by atoms with Crippen molar-refractivity contribution >= 4 is 71.2 Å². The van der Waals surface area contributed by atoms with Crippen LogP contribution in [-0.4, -0.2) is 55.5 Å². The predicted molar refractivity (Wildman–Crippen MR) is 128 cm³/mol. The van der Waals surface area contributed by atoms with Crippen LogP contribution in [0.25, 0.3) is 10.9 Å². The molecule has 1 fully saturated rings. The Hall–Kier alpha value is -3.88. The van der Waals surface area contributed by atoms with E-state index in [0.29, 0.717) is 4.90 Å². The van der Waals surface area contributed by atoms with Gasteiger partial charge in [0.05, 0.1) is 0 Å². The van der Waals surface area contributed by atoms with Crippen LogP contribution in [0.3, 0.4) is 0 Å². The van der Waals surface area contributed by atoms with E-state index in [-0.39, 0.29) is 27.6 Å². The Balaban J connectivity index is 1.81. The first-order chi connectivity index (χ1) is 18.0. The van der Waals surface area contributed by atoms with Crippen LogP contribution in [0.2, 0.25) is 5.02 Å². The van der Waals surface area contributed by atoms with Gasteiger partial charge in [-0.1, -0.05) is 0 Å². The summed E-state index contributed by atoms with van der Waals surface area (Å²) in [5, 5.41) is 3.35. The number of urea groups is 1. The molecule has 10 nitrogen and oxygen atoms in total. The summed E-state index contributed by atoms with van der Waals surface area (Å²) in [5.41, 5.74) is 6.92. The Morgan fingerprint density at radius 2 is 2.00 bits per heavy atom. The number of halogens is 6. The summed E-state index contributed by atoms with van der Waals surface area (Å²) in [6.45, 7) is -0.328. The number of nitrogens with zero attached hydrogens (tertiary/aromatic N) is 5. The summed E-state index contributed by atoms with van der Waals surface area (Å²) in [7, 11) is 0. The van der Waals surface area contributed by atoms with E-state index in [1.54, 1.807) is 0 Å². The maximum atomic E-state index is 14.9. The third-order valence-electron chi connectivity index (χ3n) is 5.34. The van der Waals surface area contributed by atoms with Gasteiger partial charge in [0.25, 0.3) is 0 Å². The van der Waals surface area contributed by atoms with E-state index in [4.69, 9.17) is 23.0 Å². The zero-order valence-corrected chi connectivity index (χ0v) is 21.1. The Bertz CT molecular complexity index is 1490. The molecule has 0 radical (unpaired) electrons. The fourth-order valence-corrected chi connectivity index (χ4v) is 5.30. The summed E-state index contributed by atoms with van der Waals surface area (Å²) >= 11 is 3.73.